The maximum Gasteiger partial charge on any atom is 0.236 e. The van der Waals surface area contributed by atoms with Gasteiger partial charge in [0, 0.05) is 51.3 Å². The molecule has 128 valence electrons. The van der Waals surface area contributed by atoms with Crippen molar-refractivity contribution in [1.82, 2.24) is 14.8 Å². The summed E-state index contributed by atoms with van der Waals surface area (Å²) in [4.78, 5) is 23.2. The van der Waals surface area contributed by atoms with Crippen LogP contribution in [0.1, 0.15) is 11.1 Å². The van der Waals surface area contributed by atoms with E-state index in [1.54, 1.807) is 11.3 Å². The van der Waals surface area contributed by atoms with Crippen LogP contribution in [-0.4, -0.2) is 60.5 Å². The first kappa shape index (κ1) is 16.9. The lowest BCUT2D eigenvalue weighted by Crippen LogP contribution is -2.49. The third kappa shape index (κ3) is 4.33. The Morgan fingerprint density at radius 3 is 2.54 bits per heavy atom. The van der Waals surface area contributed by atoms with Gasteiger partial charge in [0.05, 0.1) is 6.54 Å². The Bertz CT molecular complexity index is 648. The molecule has 1 aromatic heterocycles. The molecule has 3 rings (SSSR count). The number of nitrogens with zero attached hydrogens (tertiary/aromatic N) is 4. The first-order chi connectivity index (χ1) is 11.6. The number of hydrogen-bond acceptors (Lipinski definition) is 5. The number of carbonyl (C=O) groups is 1. The molecule has 1 saturated heterocycles. The summed E-state index contributed by atoms with van der Waals surface area (Å²) in [6.07, 6.45) is 1.84. The molecular formula is C18H24N4OS. The summed E-state index contributed by atoms with van der Waals surface area (Å²) in [7, 11) is 1.88. The van der Waals surface area contributed by atoms with Crippen LogP contribution in [0.2, 0.25) is 0 Å². The summed E-state index contributed by atoms with van der Waals surface area (Å²) in [5.41, 5.74) is 2.41. The van der Waals surface area contributed by atoms with Crippen molar-refractivity contribution in [2.75, 3.05) is 44.7 Å². The van der Waals surface area contributed by atoms with Crippen LogP contribution in [0.4, 0.5) is 5.13 Å². The second kappa shape index (κ2) is 7.77. The van der Waals surface area contributed by atoms with Crippen molar-refractivity contribution in [3.8, 4) is 0 Å². The fourth-order valence-corrected chi connectivity index (χ4v) is 3.53. The monoisotopic (exact) mass is 344 g/mol. The van der Waals surface area contributed by atoms with Gasteiger partial charge in [-0.2, -0.15) is 0 Å². The first-order valence-corrected chi connectivity index (χ1v) is 9.16. The Morgan fingerprint density at radius 1 is 1.21 bits per heavy atom. The summed E-state index contributed by atoms with van der Waals surface area (Å²) < 4.78 is 0. The zero-order valence-electron chi connectivity index (χ0n) is 14.3. The molecule has 0 saturated carbocycles. The largest absolute Gasteiger partial charge is 0.346 e. The summed E-state index contributed by atoms with van der Waals surface area (Å²) in [5, 5.41) is 3.09. The van der Waals surface area contributed by atoms with Gasteiger partial charge in [0.1, 0.15) is 0 Å². The van der Waals surface area contributed by atoms with Gasteiger partial charge in [-0.15, -0.1) is 11.3 Å². The predicted octanol–water partition coefficient (Wildman–Crippen LogP) is 2.23. The molecule has 1 aliphatic rings. The van der Waals surface area contributed by atoms with E-state index < -0.39 is 0 Å². The zero-order chi connectivity index (χ0) is 16.9. The highest BCUT2D eigenvalue weighted by Crippen LogP contribution is 2.18. The Hall–Kier alpha value is -1.92. The SMILES string of the molecule is Cc1ccc(CN(C)C(=O)CN2CCN(c3nccs3)CC2)cc1. The quantitative estimate of drug-likeness (QED) is 0.834. The molecule has 6 heteroatoms. The maximum absolute atomic E-state index is 12.5. The van der Waals surface area contributed by atoms with Crippen molar-refractivity contribution in [2.45, 2.75) is 13.5 Å². The van der Waals surface area contributed by atoms with E-state index in [1.165, 1.54) is 11.1 Å². The number of piperazine rings is 1. The molecule has 2 aromatic rings. The van der Waals surface area contributed by atoms with Gasteiger partial charge >= 0.3 is 0 Å². The molecule has 0 N–H and O–H groups in total. The molecule has 0 unspecified atom stereocenters. The molecular weight excluding hydrogens is 320 g/mol. The number of aryl methyl sites for hydroxylation is 1. The minimum atomic E-state index is 0.179. The highest BCUT2D eigenvalue weighted by atomic mass is 32.1. The van der Waals surface area contributed by atoms with E-state index >= 15 is 0 Å². The van der Waals surface area contributed by atoms with Gasteiger partial charge in [-0.1, -0.05) is 29.8 Å². The third-order valence-electron chi connectivity index (χ3n) is 4.39. The van der Waals surface area contributed by atoms with E-state index in [0.717, 1.165) is 31.3 Å². The van der Waals surface area contributed by atoms with Crippen molar-refractivity contribution in [3.05, 3.63) is 47.0 Å². The highest BCUT2D eigenvalue weighted by Gasteiger charge is 2.21. The number of hydrogen-bond donors (Lipinski definition) is 0. The Morgan fingerprint density at radius 2 is 1.92 bits per heavy atom. The smallest absolute Gasteiger partial charge is 0.236 e. The van der Waals surface area contributed by atoms with Crippen LogP contribution in [0, 0.1) is 6.92 Å². The Labute approximate surface area is 147 Å². The lowest BCUT2D eigenvalue weighted by Gasteiger charge is -2.34. The van der Waals surface area contributed by atoms with Crippen molar-refractivity contribution in [3.63, 3.8) is 0 Å². The standard InChI is InChI=1S/C18H24N4OS/c1-15-3-5-16(6-4-15)13-20(2)17(23)14-21-8-10-22(11-9-21)18-19-7-12-24-18/h3-7,12H,8-11,13-14H2,1-2H3. The Kier molecular flexibility index (Phi) is 5.48. The van der Waals surface area contributed by atoms with Crippen LogP contribution in [0.25, 0.3) is 0 Å². The number of rotatable bonds is 5. The van der Waals surface area contributed by atoms with E-state index in [-0.39, 0.29) is 5.91 Å². The number of thiazole rings is 1. The molecule has 0 atom stereocenters. The van der Waals surface area contributed by atoms with Crippen molar-refractivity contribution in [1.29, 1.82) is 0 Å². The van der Waals surface area contributed by atoms with Crippen LogP contribution in [0.5, 0.6) is 0 Å². The van der Waals surface area contributed by atoms with Crippen LogP contribution >= 0.6 is 11.3 Å². The van der Waals surface area contributed by atoms with Gasteiger partial charge in [-0.25, -0.2) is 4.98 Å². The van der Waals surface area contributed by atoms with E-state index in [4.69, 9.17) is 0 Å². The first-order valence-electron chi connectivity index (χ1n) is 8.28. The summed E-state index contributed by atoms with van der Waals surface area (Å²) >= 11 is 1.67. The molecule has 24 heavy (non-hydrogen) atoms. The molecule has 1 aliphatic heterocycles. The summed E-state index contributed by atoms with van der Waals surface area (Å²) in [6, 6.07) is 8.36. The number of amides is 1. The van der Waals surface area contributed by atoms with Gasteiger partial charge in [0.2, 0.25) is 5.91 Å². The summed E-state index contributed by atoms with van der Waals surface area (Å²) in [5.74, 6) is 0.179. The number of likely N-dealkylation sites (N-methyl/N-ethyl adjacent to an activating group) is 1. The van der Waals surface area contributed by atoms with E-state index in [1.807, 2.05) is 23.5 Å². The molecule has 0 aliphatic carbocycles. The van der Waals surface area contributed by atoms with Crippen molar-refractivity contribution in [2.24, 2.45) is 0 Å². The predicted molar refractivity (Wildman–Crippen MR) is 98.4 cm³/mol. The van der Waals surface area contributed by atoms with E-state index in [9.17, 15) is 4.79 Å². The number of carbonyl (C=O) groups excluding carboxylic acids is 1. The minimum Gasteiger partial charge on any atom is -0.346 e. The zero-order valence-corrected chi connectivity index (χ0v) is 15.1. The fraction of sp³-hybridized carbons (Fsp3) is 0.444. The van der Waals surface area contributed by atoms with Crippen LogP contribution in [0.15, 0.2) is 35.8 Å². The van der Waals surface area contributed by atoms with Crippen LogP contribution < -0.4 is 4.90 Å². The average Bonchev–Trinajstić information content (AvgIpc) is 3.12. The average molecular weight is 344 g/mol. The van der Waals surface area contributed by atoms with Gasteiger partial charge in [0.15, 0.2) is 5.13 Å². The normalized spacial score (nSPS) is 15.5. The van der Waals surface area contributed by atoms with Gasteiger partial charge in [-0.3, -0.25) is 9.69 Å². The molecule has 1 aromatic carbocycles. The molecule has 0 bridgehead atoms. The molecule has 2 heterocycles. The minimum absolute atomic E-state index is 0.179. The molecule has 5 nitrogen and oxygen atoms in total. The number of anilines is 1. The Balaban J connectivity index is 1.46. The highest BCUT2D eigenvalue weighted by molar-refractivity contribution is 7.13. The molecule has 1 fully saturated rings. The molecule has 0 radical (unpaired) electrons. The number of aromatic nitrogens is 1. The molecule has 1 amide bonds. The topological polar surface area (TPSA) is 39.7 Å². The molecule has 0 spiro atoms. The van der Waals surface area contributed by atoms with Gasteiger partial charge in [0.25, 0.3) is 0 Å². The fourth-order valence-electron chi connectivity index (χ4n) is 2.84. The van der Waals surface area contributed by atoms with E-state index in [2.05, 4.69) is 46.0 Å². The third-order valence-corrected chi connectivity index (χ3v) is 5.22. The maximum atomic E-state index is 12.5. The van der Waals surface area contributed by atoms with Crippen LogP contribution in [-0.2, 0) is 11.3 Å². The second-order valence-corrected chi connectivity index (χ2v) is 7.19. The lowest BCUT2D eigenvalue weighted by molar-refractivity contribution is -0.131. The van der Waals surface area contributed by atoms with Crippen molar-refractivity contribution < 1.29 is 4.79 Å². The lowest BCUT2D eigenvalue weighted by atomic mass is 10.1. The number of benzene rings is 1. The van der Waals surface area contributed by atoms with Crippen molar-refractivity contribution >= 4 is 22.4 Å². The van der Waals surface area contributed by atoms with E-state index in [0.29, 0.717) is 13.1 Å². The second-order valence-electron chi connectivity index (χ2n) is 6.31. The van der Waals surface area contributed by atoms with Gasteiger partial charge < -0.3 is 9.80 Å². The summed E-state index contributed by atoms with van der Waals surface area (Å²) in [6.45, 7) is 6.91. The van der Waals surface area contributed by atoms with Crippen LogP contribution in [0.3, 0.4) is 0 Å². The van der Waals surface area contributed by atoms with Gasteiger partial charge in [-0.05, 0) is 12.5 Å².